The lowest BCUT2D eigenvalue weighted by atomic mass is 11.9. The van der Waals surface area contributed by atoms with Crippen molar-refractivity contribution in [1.29, 1.82) is 0 Å². The Morgan fingerprint density at radius 2 is 0.560 bits per heavy atom. The number of hydrogen-bond acceptors (Lipinski definition) is 7. The Morgan fingerprint density at radius 3 is 0.720 bits per heavy atom. The van der Waals surface area contributed by atoms with E-state index in [1.807, 2.05) is 0 Å². The fourth-order valence-corrected chi connectivity index (χ4v) is 33.4. The Morgan fingerprint density at radius 1 is 0.400 bits per heavy atom. The van der Waals surface area contributed by atoms with Gasteiger partial charge >= 0.3 is 34.2 Å². The molecule has 0 aliphatic carbocycles. The van der Waals surface area contributed by atoms with Gasteiger partial charge in [-0.1, -0.05) is 0 Å². The number of rotatable bonds is 0. The topological polar surface area (TPSA) is 64.6 Å². The average molecular weight is 477 g/mol. The fourth-order valence-electron chi connectivity index (χ4n) is 3.36. The van der Waals surface area contributed by atoms with Crippen LogP contribution in [0.3, 0.4) is 0 Å². The molecule has 2 saturated heterocycles. The van der Waals surface area contributed by atoms with Crippen LogP contribution in [0.5, 0.6) is 0 Å². The van der Waals surface area contributed by atoms with Crippen molar-refractivity contribution in [3.05, 3.63) is 0 Å². The molecule has 0 bridgehead atoms. The van der Waals surface area contributed by atoms with E-state index in [1.165, 1.54) is 0 Å². The molecular weight excluding hydrogens is 441 g/mol. The Kier molecular flexibility index (Phi) is 8.47. The predicted molar refractivity (Wildman–Crippen MR) is 117 cm³/mol. The molecule has 14 heteroatoms. The third-order valence-corrected chi connectivity index (χ3v) is 28.0. The quantitative estimate of drug-likeness (QED) is 0.497. The molecule has 2 heterocycles. The van der Waals surface area contributed by atoms with Gasteiger partial charge in [0.05, 0.1) is 0 Å². The fraction of sp³-hybridized carbons (Fsp3) is 1.00. The van der Waals surface area contributed by atoms with Crippen LogP contribution in [-0.2, 0) is 28.8 Å². The van der Waals surface area contributed by atoms with E-state index in [0.29, 0.717) is 0 Å². The summed E-state index contributed by atoms with van der Waals surface area (Å²) in [6, 6.07) is 0. The third-order valence-electron chi connectivity index (χ3n) is 3.12. The normalized spacial score (nSPS) is 36.4. The van der Waals surface area contributed by atoms with E-state index in [-0.39, 0.29) is 0 Å². The zero-order valence-electron chi connectivity index (χ0n) is 17.6. The van der Waals surface area contributed by atoms with Crippen LogP contribution in [0.4, 0.5) is 0 Å². The molecule has 0 aromatic heterocycles. The van der Waals surface area contributed by atoms with Gasteiger partial charge in [0, 0.05) is 0 Å². The molecule has 0 N–H and O–H groups in total. The van der Waals surface area contributed by atoms with Crippen LogP contribution < -0.4 is 0 Å². The highest BCUT2D eigenvalue weighted by atomic mass is 28.5. The van der Waals surface area contributed by atoms with Crippen molar-refractivity contribution in [3.63, 3.8) is 0 Å². The molecule has 2 aliphatic heterocycles. The van der Waals surface area contributed by atoms with Crippen molar-refractivity contribution >= 4 is 62.1 Å². The lowest BCUT2D eigenvalue weighted by molar-refractivity contribution is 0.238. The van der Waals surface area contributed by atoms with Crippen LogP contribution in [0, 0.1) is 0 Å². The molecule has 150 valence electrons. The SMILES string of the molecule is C[SiH]1O[SiH](C)O[SiH](C)O1.C[Si]1(C)O[Si](C)(C)O[Si](C)(C)O[Si](C)(C)O1. The lowest BCUT2D eigenvalue weighted by Crippen LogP contribution is -2.64. The summed E-state index contributed by atoms with van der Waals surface area (Å²) in [6.45, 7) is 22.8. The van der Waals surface area contributed by atoms with Crippen molar-refractivity contribution in [2.24, 2.45) is 0 Å². The van der Waals surface area contributed by atoms with Gasteiger partial charge in [-0.25, -0.2) is 0 Å². The predicted octanol–water partition coefficient (Wildman–Crippen LogP) is 2.47. The maximum absolute atomic E-state index is 6.16. The van der Waals surface area contributed by atoms with Gasteiger partial charge < -0.3 is 28.8 Å². The molecule has 2 fully saturated rings. The molecule has 0 aromatic rings. The molecule has 0 spiro atoms. The standard InChI is InChI=1S/C8H24O4Si4.C3H12O3Si3/c1-13(2)9-14(3,4)11-16(7,8)12-15(5,6)10-13;1-7-4-8(2)6-9(3)5-7/h1-8H3;7-9H,1-3H3. The van der Waals surface area contributed by atoms with Crippen LogP contribution in [0.25, 0.3) is 0 Å². The Hall–Kier alpha value is 1.24. The summed E-state index contributed by atoms with van der Waals surface area (Å²) < 4.78 is 40.9. The smallest absolute Gasteiger partial charge is 0.314 e. The summed E-state index contributed by atoms with van der Waals surface area (Å²) in [5.41, 5.74) is 0. The second-order valence-corrected chi connectivity index (χ2v) is 29.3. The lowest BCUT2D eigenvalue weighted by Gasteiger charge is -2.46. The summed E-state index contributed by atoms with van der Waals surface area (Å²) in [7, 11) is -12.1. The van der Waals surface area contributed by atoms with Crippen molar-refractivity contribution in [1.82, 2.24) is 0 Å². The first-order valence-electron chi connectivity index (χ1n) is 8.78. The van der Waals surface area contributed by atoms with E-state index >= 15 is 0 Å². The molecule has 25 heavy (non-hydrogen) atoms. The van der Waals surface area contributed by atoms with E-state index in [4.69, 9.17) is 28.8 Å². The van der Waals surface area contributed by atoms with Crippen LogP contribution in [0.15, 0.2) is 0 Å². The van der Waals surface area contributed by atoms with E-state index in [2.05, 4.69) is 72.0 Å². The highest BCUT2D eigenvalue weighted by Crippen LogP contribution is 2.30. The van der Waals surface area contributed by atoms with Gasteiger partial charge in [-0.05, 0) is 72.0 Å². The summed E-state index contributed by atoms with van der Waals surface area (Å²) in [5, 5.41) is 0. The van der Waals surface area contributed by atoms with E-state index < -0.39 is 62.1 Å². The second kappa shape index (κ2) is 8.72. The van der Waals surface area contributed by atoms with Gasteiger partial charge in [-0.2, -0.15) is 0 Å². The largest absolute Gasteiger partial charge is 0.420 e. The van der Waals surface area contributed by atoms with Crippen LogP contribution >= 0.6 is 0 Å². The Labute approximate surface area is 162 Å². The highest BCUT2D eigenvalue weighted by molar-refractivity contribution is 6.92. The second-order valence-electron chi connectivity index (χ2n) is 8.12. The molecule has 0 amide bonds. The Bertz CT molecular complexity index is 351. The van der Waals surface area contributed by atoms with Crippen LogP contribution in [0.2, 0.25) is 72.0 Å². The molecule has 0 atom stereocenters. The van der Waals surface area contributed by atoms with Crippen molar-refractivity contribution in [2.75, 3.05) is 0 Å². The molecule has 2 rings (SSSR count). The Balaban J connectivity index is 0.000000293. The third kappa shape index (κ3) is 9.83. The summed E-state index contributed by atoms with van der Waals surface area (Å²) >= 11 is 0. The minimum atomic E-state index is -2.11. The molecule has 0 aromatic carbocycles. The monoisotopic (exact) mass is 476 g/mol. The van der Waals surface area contributed by atoms with Gasteiger partial charge in [0.25, 0.3) is 27.9 Å². The highest BCUT2D eigenvalue weighted by Gasteiger charge is 2.50. The summed E-state index contributed by atoms with van der Waals surface area (Å²) in [5.74, 6) is 0. The van der Waals surface area contributed by atoms with Crippen molar-refractivity contribution in [2.45, 2.75) is 72.0 Å². The maximum atomic E-state index is 6.16. The molecule has 7 nitrogen and oxygen atoms in total. The van der Waals surface area contributed by atoms with Crippen molar-refractivity contribution in [3.8, 4) is 0 Å². The zero-order valence-corrected chi connectivity index (χ0v) is 25.1. The zero-order chi connectivity index (χ0) is 19.7. The molecule has 0 saturated carbocycles. The summed E-state index contributed by atoms with van der Waals surface area (Å²) in [6.07, 6.45) is 0. The van der Waals surface area contributed by atoms with Crippen molar-refractivity contribution < 1.29 is 28.8 Å². The van der Waals surface area contributed by atoms with Crippen LogP contribution in [0.1, 0.15) is 0 Å². The summed E-state index contributed by atoms with van der Waals surface area (Å²) in [4.78, 5) is 0. The van der Waals surface area contributed by atoms with E-state index in [0.717, 1.165) is 0 Å². The minimum absolute atomic E-state index is 1.21. The van der Waals surface area contributed by atoms with E-state index in [1.54, 1.807) is 0 Å². The molecule has 2 aliphatic rings. The molecule has 0 unspecified atom stereocenters. The van der Waals surface area contributed by atoms with Gasteiger partial charge in [0.2, 0.25) is 0 Å². The first-order chi connectivity index (χ1) is 11.0. The average Bonchev–Trinajstić information content (AvgIpc) is 2.16. The van der Waals surface area contributed by atoms with Gasteiger partial charge in [-0.3, -0.25) is 0 Å². The number of hydrogen-bond donors (Lipinski definition) is 0. The van der Waals surface area contributed by atoms with Crippen LogP contribution in [-0.4, -0.2) is 62.1 Å². The maximum Gasteiger partial charge on any atom is 0.314 e. The van der Waals surface area contributed by atoms with Gasteiger partial charge in [-0.15, -0.1) is 0 Å². The first kappa shape index (κ1) is 24.3. The molecule has 0 radical (unpaired) electrons. The van der Waals surface area contributed by atoms with Gasteiger partial charge in [0.1, 0.15) is 0 Å². The minimum Gasteiger partial charge on any atom is -0.420 e. The van der Waals surface area contributed by atoms with E-state index in [9.17, 15) is 0 Å². The first-order valence-corrected chi connectivity index (χ1v) is 26.3. The van der Waals surface area contributed by atoms with Gasteiger partial charge in [0.15, 0.2) is 0 Å². The molecular formula is C11H36O7Si7.